The third-order valence-electron chi connectivity index (χ3n) is 1.86. The van der Waals surface area contributed by atoms with Crippen LogP contribution in [-0.4, -0.2) is 24.7 Å². The van der Waals surface area contributed by atoms with E-state index in [0.29, 0.717) is 0 Å². The van der Waals surface area contributed by atoms with E-state index in [1.165, 1.54) is 0 Å². The number of ether oxygens (including phenoxy) is 1. The molecule has 1 heterocycles. The zero-order valence-electron chi connectivity index (χ0n) is 6.79. The van der Waals surface area contributed by atoms with Crippen LogP contribution in [0.5, 0.6) is 0 Å². The van der Waals surface area contributed by atoms with Crippen LogP contribution in [0, 0.1) is 0 Å². The highest BCUT2D eigenvalue weighted by atomic mass is 16.5. The van der Waals surface area contributed by atoms with Crippen molar-refractivity contribution >= 4 is 5.96 Å². The Labute approximate surface area is 66.6 Å². The van der Waals surface area contributed by atoms with E-state index in [4.69, 9.17) is 16.2 Å². The Morgan fingerprint density at radius 1 is 1.64 bits per heavy atom. The van der Waals surface area contributed by atoms with Crippen LogP contribution in [-0.2, 0) is 4.74 Å². The molecule has 1 aliphatic rings. The monoisotopic (exact) mass is 157 g/mol. The molecule has 0 saturated carbocycles. The number of aliphatic imine (C=N–C) groups is 1. The van der Waals surface area contributed by atoms with Crippen molar-refractivity contribution in [2.45, 2.75) is 31.9 Å². The molecule has 64 valence electrons. The van der Waals surface area contributed by atoms with Gasteiger partial charge in [0.1, 0.15) is 0 Å². The van der Waals surface area contributed by atoms with Gasteiger partial charge in [-0.25, -0.2) is 4.99 Å². The summed E-state index contributed by atoms with van der Waals surface area (Å²) in [5, 5.41) is 0. The van der Waals surface area contributed by atoms with Crippen LogP contribution >= 0.6 is 0 Å². The normalized spacial score (nSPS) is 26.5. The van der Waals surface area contributed by atoms with Crippen molar-refractivity contribution in [2.24, 2.45) is 16.5 Å². The summed E-state index contributed by atoms with van der Waals surface area (Å²) in [6, 6.07) is 0.0995. The Hall–Kier alpha value is -0.770. The van der Waals surface area contributed by atoms with Gasteiger partial charge >= 0.3 is 0 Å². The highest BCUT2D eigenvalue weighted by molar-refractivity contribution is 5.75. The summed E-state index contributed by atoms with van der Waals surface area (Å²) < 4.78 is 5.40. The minimum atomic E-state index is 0.0995. The van der Waals surface area contributed by atoms with Gasteiger partial charge in [0.05, 0.1) is 12.1 Å². The van der Waals surface area contributed by atoms with Crippen molar-refractivity contribution in [3.8, 4) is 0 Å². The summed E-state index contributed by atoms with van der Waals surface area (Å²) in [6.45, 7) is 2.81. The van der Waals surface area contributed by atoms with E-state index in [2.05, 4.69) is 4.99 Å². The van der Waals surface area contributed by atoms with Crippen molar-refractivity contribution in [3.63, 3.8) is 0 Å². The van der Waals surface area contributed by atoms with Crippen LogP contribution in [0.15, 0.2) is 4.99 Å². The molecule has 0 bridgehead atoms. The summed E-state index contributed by atoms with van der Waals surface area (Å²) in [5.41, 5.74) is 10.5. The molecule has 0 amide bonds. The summed E-state index contributed by atoms with van der Waals surface area (Å²) in [5.74, 6) is 0.146. The van der Waals surface area contributed by atoms with Crippen LogP contribution in [0.4, 0.5) is 0 Å². The molecule has 1 saturated heterocycles. The van der Waals surface area contributed by atoms with Gasteiger partial charge in [-0.15, -0.1) is 0 Å². The zero-order valence-corrected chi connectivity index (χ0v) is 6.79. The molecule has 0 aromatic rings. The van der Waals surface area contributed by atoms with E-state index in [0.717, 1.165) is 19.4 Å². The number of guanidine groups is 1. The largest absolute Gasteiger partial charge is 0.376 e. The molecule has 0 aliphatic carbocycles. The standard InChI is InChI=1S/C7H15N3O/c1-5(10-7(8)9)6-3-2-4-11-6/h5-6H,2-4H2,1H3,(H4,8,9,10). The number of hydrogen-bond acceptors (Lipinski definition) is 2. The Bertz CT molecular complexity index is 148. The van der Waals surface area contributed by atoms with Crippen molar-refractivity contribution in [3.05, 3.63) is 0 Å². The molecule has 1 aliphatic heterocycles. The van der Waals surface area contributed by atoms with Gasteiger partial charge in [0, 0.05) is 6.61 Å². The van der Waals surface area contributed by atoms with Crippen LogP contribution < -0.4 is 11.5 Å². The summed E-state index contributed by atoms with van der Waals surface area (Å²) in [4.78, 5) is 4.01. The minimum absolute atomic E-state index is 0.0995. The van der Waals surface area contributed by atoms with Crippen LogP contribution in [0.2, 0.25) is 0 Å². The first-order valence-electron chi connectivity index (χ1n) is 3.90. The first-order valence-corrected chi connectivity index (χ1v) is 3.90. The fraction of sp³-hybridized carbons (Fsp3) is 0.857. The van der Waals surface area contributed by atoms with E-state index >= 15 is 0 Å². The fourth-order valence-corrected chi connectivity index (χ4v) is 1.30. The Balaban J connectivity index is 2.40. The molecule has 1 fully saturated rings. The van der Waals surface area contributed by atoms with E-state index < -0.39 is 0 Å². The van der Waals surface area contributed by atoms with Crippen LogP contribution in [0.3, 0.4) is 0 Å². The molecule has 2 unspecified atom stereocenters. The number of hydrogen-bond donors (Lipinski definition) is 2. The van der Waals surface area contributed by atoms with Gasteiger partial charge < -0.3 is 16.2 Å². The lowest BCUT2D eigenvalue weighted by Crippen LogP contribution is -2.29. The third-order valence-corrected chi connectivity index (χ3v) is 1.86. The second-order valence-electron chi connectivity index (χ2n) is 2.85. The lowest BCUT2D eigenvalue weighted by molar-refractivity contribution is 0.0952. The van der Waals surface area contributed by atoms with E-state index in [1.807, 2.05) is 6.92 Å². The van der Waals surface area contributed by atoms with Crippen LogP contribution in [0.1, 0.15) is 19.8 Å². The number of rotatable bonds is 2. The highest BCUT2D eigenvalue weighted by Crippen LogP contribution is 2.17. The second kappa shape index (κ2) is 3.57. The molecular weight excluding hydrogens is 142 g/mol. The molecule has 4 heteroatoms. The van der Waals surface area contributed by atoms with Crippen molar-refractivity contribution in [2.75, 3.05) is 6.61 Å². The summed E-state index contributed by atoms with van der Waals surface area (Å²) in [7, 11) is 0. The third kappa shape index (κ3) is 2.38. The van der Waals surface area contributed by atoms with Gasteiger partial charge in [0.25, 0.3) is 0 Å². The van der Waals surface area contributed by atoms with Gasteiger partial charge in [-0.05, 0) is 19.8 Å². The Morgan fingerprint density at radius 2 is 2.36 bits per heavy atom. The second-order valence-corrected chi connectivity index (χ2v) is 2.85. The molecule has 11 heavy (non-hydrogen) atoms. The minimum Gasteiger partial charge on any atom is -0.376 e. The molecule has 4 nitrogen and oxygen atoms in total. The molecule has 0 aromatic heterocycles. The van der Waals surface area contributed by atoms with Gasteiger partial charge in [-0.1, -0.05) is 0 Å². The van der Waals surface area contributed by atoms with Crippen molar-refractivity contribution < 1.29 is 4.74 Å². The Morgan fingerprint density at radius 3 is 2.82 bits per heavy atom. The lowest BCUT2D eigenvalue weighted by atomic mass is 10.1. The van der Waals surface area contributed by atoms with Crippen molar-refractivity contribution in [1.29, 1.82) is 0 Å². The van der Waals surface area contributed by atoms with Gasteiger partial charge in [0.2, 0.25) is 0 Å². The topological polar surface area (TPSA) is 73.6 Å². The van der Waals surface area contributed by atoms with E-state index in [-0.39, 0.29) is 18.1 Å². The van der Waals surface area contributed by atoms with Gasteiger partial charge in [0.15, 0.2) is 5.96 Å². The molecule has 0 spiro atoms. The maximum Gasteiger partial charge on any atom is 0.186 e. The molecule has 1 rings (SSSR count). The van der Waals surface area contributed by atoms with Crippen molar-refractivity contribution in [1.82, 2.24) is 0 Å². The molecule has 0 radical (unpaired) electrons. The molecule has 4 N–H and O–H groups in total. The molecule has 0 aromatic carbocycles. The van der Waals surface area contributed by atoms with E-state index in [1.54, 1.807) is 0 Å². The number of nitrogens with zero attached hydrogens (tertiary/aromatic N) is 1. The maximum atomic E-state index is 5.40. The quantitative estimate of drug-likeness (QED) is 0.431. The van der Waals surface area contributed by atoms with Gasteiger partial charge in [-0.2, -0.15) is 0 Å². The lowest BCUT2D eigenvalue weighted by Gasteiger charge is -2.13. The maximum absolute atomic E-state index is 5.40. The first kappa shape index (κ1) is 8.33. The number of nitrogens with two attached hydrogens (primary N) is 2. The predicted molar refractivity (Wildman–Crippen MR) is 44.2 cm³/mol. The SMILES string of the molecule is CC(N=C(N)N)C1CCCO1. The smallest absolute Gasteiger partial charge is 0.186 e. The van der Waals surface area contributed by atoms with Crippen LogP contribution in [0.25, 0.3) is 0 Å². The average molecular weight is 157 g/mol. The molecular formula is C7H15N3O. The van der Waals surface area contributed by atoms with Gasteiger partial charge in [-0.3, -0.25) is 0 Å². The predicted octanol–water partition coefficient (Wildman–Crippen LogP) is -0.173. The Kier molecular flexibility index (Phi) is 2.70. The van der Waals surface area contributed by atoms with E-state index in [9.17, 15) is 0 Å². The molecule has 2 atom stereocenters. The highest BCUT2D eigenvalue weighted by Gasteiger charge is 2.21. The average Bonchev–Trinajstić information content (AvgIpc) is 2.35. The first-order chi connectivity index (χ1) is 5.20. The fourth-order valence-electron chi connectivity index (χ4n) is 1.30. The summed E-state index contributed by atoms with van der Waals surface area (Å²) >= 11 is 0. The summed E-state index contributed by atoms with van der Waals surface area (Å²) in [6.07, 6.45) is 2.41. The zero-order chi connectivity index (χ0) is 8.27.